The van der Waals surface area contributed by atoms with Gasteiger partial charge < -0.3 is 15.2 Å². The summed E-state index contributed by atoms with van der Waals surface area (Å²) in [6.45, 7) is 8.59. The highest BCUT2D eigenvalue weighted by atomic mass is 35.5. The van der Waals surface area contributed by atoms with Crippen LogP contribution in [0.5, 0.6) is 0 Å². The molecule has 4 rings (SSSR count). The van der Waals surface area contributed by atoms with E-state index in [1.165, 1.54) is 0 Å². The molecule has 1 saturated carbocycles. The number of carbonyl (C=O) groups is 2. The molecule has 2 fully saturated rings. The Bertz CT molecular complexity index is 945. The van der Waals surface area contributed by atoms with Crippen LogP contribution in [0, 0.1) is 5.41 Å². The van der Waals surface area contributed by atoms with E-state index in [1.54, 1.807) is 43.9 Å². The number of nitrogens with one attached hydrogen (secondary N) is 1. The normalized spacial score (nSPS) is 25.5. The Kier molecular flexibility index (Phi) is 5.21. The maximum absolute atomic E-state index is 13.4. The number of nitrogens with zero attached hydrogens (tertiary/aromatic N) is 2. The number of rotatable bonds is 2. The molecule has 0 aromatic heterocycles. The maximum atomic E-state index is 13.4. The lowest BCUT2D eigenvalue weighted by Crippen LogP contribution is -2.65. The third-order valence-corrected chi connectivity index (χ3v) is 6.51. The minimum atomic E-state index is -0.967. The number of guanidine groups is 1. The fraction of sp³-hybridized carbons (Fsp3) is 0.591. The predicted octanol–water partition coefficient (Wildman–Crippen LogP) is 3.43. The van der Waals surface area contributed by atoms with E-state index in [-0.39, 0.29) is 29.7 Å². The summed E-state index contributed by atoms with van der Waals surface area (Å²) < 4.78 is 10.8. The minimum Gasteiger partial charge on any atom is -0.444 e. The fourth-order valence-electron chi connectivity index (χ4n) is 4.55. The van der Waals surface area contributed by atoms with Crippen LogP contribution in [0.25, 0.3) is 0 Å². The number of halogens is 1. The van der Waals surface area contributed by atoms with Crippen LogP contribution < -0.4 is 11.1 Å². The molecule has 2 heterocycles. The summed E-state index contributed by atoms with van der Waals surface area (Å²) in [6.07, 6.45) is 1.11. The molecule has 8 nitrogen and oxygen atoms in total. The molecule has 1 aromatic rings. The molecule has 9 heteroatoms. The number of hydrogen-bond donors (Lipinski definition) is 2. The van der Waals surface area contributed by atoms with Crippen LogP contribution in [-0.4, -0.2) is 47.7 Å². The Morgan fingerprint density at radius 1 is 1.35 bits per heavy atom. The summed E-state index contributed by atoms with van der Waals surface area (Å²) in [7, 11) is 0. The summed E-state index contributed by atoms with van der Waals surface area (Å²) in [5, 5.41) is 3.08. The lowest BCUT2D eigenvalue weighted by Gasteiger charge is -2.56. The van der Waals surface area contributed by atoms with E-state index in [0.29, 0.717) is 29.5 Å². The van der Waals surface area contributed by atoms with Crippen molar-refractivity contribution >= 4 is 35.2 Å². The van der Waals surface area contributed by atoms with Crippen molar-refractivity contribution in [1.82, 2.24) is 10.2 Å². The Morgan fingerprint density at radius 3 is 2.61 bits per heavy atom. The van der Waals surface area contributed by atoms with Gasteiger partial charge in [0.05, 0.1) is 35.9 Å². The number of ether oxygens (including phenoxy) is 2. The lowest BCUT2D eigenvalue weighted by atomic mass is 9.63. The highest BCUT2D eigenvalue weighted by Gasteiger charge is 2.55. The highest BCUT2D eigenvalue weighted by Crippen LogP contribution is 2.50. The standard InChI is InChI=1S/C22H29ClN4O4/c1-20(2,3)31-19(29)25-18-26-21(4,14-6-5-7-15(24)17(14)23)10-16(28)27(18)13-8-22(9-13)11-30-12-22/h5-7,13H,8-12,24H2,1-4H3,(H,25,26,29)/t21-/m0/s1. The van der Waals surface area contributed by atoms with E-state index in [2.05, 4.69) is 5.32 Å². The van der Waals surface area contributed by atoms with Gasteiger partial charge in [-0.15, -0.1) is 0 Å². The number of nitrogens with two attached hydrogens (primary N) is 1. The van der Waals surface area contributed by atoms with Gasteiger partial charge >= 0.3 is 6.09 Å². The van der Waals surface area contributed by atoms with Gasteiger partial charge in [0, 0.05) is 17.0 Å². The third-order valence-electron chi connectivity index (χ3n) is 6.09. The Balaban J connectivity index is 1.67. The quantitative estimate of drug-likeness (QED) is 0.674. The van der Waals surface area contributed by atoms with Crippen LogP contribution in [0.4, 0.5) is 10.5 Å². The monoisotopic (exact) mass is 448 g/mol. The van der Waals surface area contributed by atoms with E-state index >= 15 is 0 Å². The smallest absolute Gasteiger partial charge is 0.414 e. The molecule has 0 radical (unpaired) electrons. The molecule has 168 valence electrons. The largest absolute Gasteiger partial charge is 0.444 e. The van der Waals surface area contributed by atoms with Gasteiger partial charge in [-0.25, -0.2) is 9.79 Å². The van der Waals surface area contributed by atoms with Crippen LogP contribution in [0.3, 0.4) is 0 Å². The average Bonchev–Trinajstić information content (AvgIpc) is 2.55. The number of alkyl carbamates (subject to hydrolysis) is 1. The van der Waals surface area contributed by atoms with Crippen molar-refractivity contribution in [2.75, 3.05) is 18.9 Å². The lowest BCUT2D eigenvalue weighted by molar-refractivity contribution is -0.182. The van der Waals surface area contributed by atoms with Gasteiger partial charge in [0.15, 0.2) is 0 Å². The van der Waals surface area contributed by atoms with Gasteiger partial charge in [-0.2, -0.15) is 0 Å². The van der Waals surface area contributed by atoms with Crippen molar-refractivity contribution < 1.29 is 19.1 Å². The number of amides is 2. The molecule has 3 N–H and O–H groups in total. The zero-order valence-electron chi connectivity index (χ0n) is 18.3. The van der Waals surface area contributed by atoms with Crippen LogP contribution >= 0.6 is 11.6 Å². The van der Waals surface area contributed by atoms with Crippen LogP contribution in [0.2, 0.25) is 5.02 Å². The molecule has 1 saturated heterocycles. The number of benzene rings is 1. The van der Waals surface area contributed by atoms with E-state index in [4.69, 9.17) is 31.8 Å². The van der Waals surface area contributed by atoms with E-state index in [1.807, 2.05) is 6.92 Å². The number of carbonyl (C=O) groups excluding carboxylic acids is 2. The number of anilines is 1. The molecule has 1 aliphatic carbocycles. The Morgan fingerprint density at radius 2 is 2.03 bits per heavy atom. The topological polar surface area (TPSA) is 106 Å². The summed E-state index contributed by atoms with van der Waals surface area (Å²) in [6, 6.07) is 5.25. The van der Waals surface area contributed by atoms with Crippen molar-refractivity contribution in [2.45, 2.75) is 64.1 Å². The molecule has 31 heavy (non-hydrogen) atoms. The molecule has 3 aliphatic rings. The predicted molar refractivity (Wildman–Crippen MR) is 118 cm³/mol. The van der Waals surface area contributed by atoms with Crippen molar-refractivity contribution in [3.05, 3.63) is 28.8 Å². The van der Waals surface area contributed by atoms with Crippen LogP contribution in [0.1, 0.15) is 52.5 Å². The van der Waals surface area contributed by atoms with Crippen molar-refractivity contribution in [2.24, 2.45) is 10.4 Å². The van der Waals surface area contributed by atoms with Crippen molar-refractivity contribution in [3.63, 3.8) is 0 Å². The number of nitrogen functional groups attached to an aromatic ring is 1. The molecule has 0 bridgehead atoms. The minimum absolute atomic E-state index is 0.0362. The molecule has 1 spiro atoms. The Labute approximate surface area is 187 Å². The second-order valence-electron chi connectivity index (χ2n) is 10.0. The number of aliphatic imine (C=N–C) groups is 1. The molecular weight excluding hydrogens is 420 g/mol. The van der Waals surface area contributed by atoms with Crippen molar-refractivity contribution in [3.8, 4) is 0 Å². The van der Waals surface area contributed by atoms with Crippen molar-refractivity contribution in [1.29, 1.82) is 0 Å². The van der Waals surface area contributed by atoms with E-state index in [0.717, 1.165) is 12.8 Å². The maximum Gasteiger partial charge on any atom is 0.414 e. The summed E-state index contributed by atoms with van der Waals surface area (Å²) in [5.41, 5.74) is 5.55. The van der Waals surface area contributed by atoms with Gasteiger partial charge in [0.2, 0.25) is 11.9 Å². The van der Waals surface area contributed by atoms with Crippen LogP contribution in [-0.2, 0) is 19.8 Å². The zero-order valence-corrected chi connectivity index (χ0v) is 19.1. The zero-order chi connectivity index (χ0) is 22.6. The van der Waals surface area contributed by atoms with E-state index < -0.39 is 17.2 Å². The van der Waals surface area contributed by atoms with Gasteiger partial charge in [0.25, 0.3) is 0 Å². The summed E-state index contributed by atoms with van der Waals surface area (Å²) >= 11 is 6.46. The molecule has 1 aromatic carbocycles. The van der Waals surface area contributed by atoms with Gasteiger partial charge in [0.1, 0.15) is 5.60 Å². The van der Waals surface area contributed by atoms with Gasteiger partial charge in [-0.1, -0.05) is 23.7 Å². The second kappa shape index (κ2) is 7.38. The Hall–Kier alpha value is -2.32. The molecular formula is C22H29ClN4O4. The first-order chi connectivity index (χ1) is 14.4. The highest BCUT2D eigenvalue weighted by molar-refractivity contribution is 6.34. The fourth-order valence-corrected chi connectivity index (χ4v) is 4.88. The molecule has 1 atom stereocenters. The molecule has 2 aliphatic heterocycles. The average molecular weight is 449 g/mol. The van der Waals surface area contributed by atoms with Gasteiger partial charge in [-0.05, 0) is 46.6 Å². The van der Waals surface area contributed by atoms with Crippen LogP contribution in [0.15, 0.2) is 23.2 Å². The first-order valence-corrected chi connectivity index (χ1v) is 10.8. The molecule has 2 amide bonds. The number of hydrogen-bond acceptors (Lipinski definition) is 6. The first-order valence-electron chi connectivity index (χ1n) is 10.5. The molecule has 0 unspecified atom stereocenters. The second-order valence-corrected chi connectivity index (χ2v) is 10.4. The van der Waals surface area contributed by atoms with E-state index in [9.17, 15) is 9.59 Å². The summed E-state index contributed by atoms with van der Waals surface area (Å²) in [4.78, 5) is 32.3. The van der Waals surface area contributed by atoms with Gasteiger partial charge in [-0.3, -0.25) is 15.0 Å². The SMILES string of the molecule is CC(C)(C)OC(=O)NC1=N[C@](C)(c2cccc(N)c2Cl)CC(=O)N1C1CC2(COC2)C1. The third kappa shape index (κ3) is 4.11. The summed E-state index contributed by atoms with van der Waals surface area (Å²) in [5.74, 6) is 0.0636. The first kappa shape index (κ1) is 21.9.